The molecular weight excluding hydrogens is 353 g/mol. The number of ether oxygens (including phenoxy) is 1. The van der Waals surface area contributed by atoms with Crippen molar-refractivity contribution in [3.63, 3.8) is 0 Å². The van der Waals surface area contributed by atoms with Crippen LogP contribution in [0.2, 0.25) is 0 Å². The Morgan fingerprint density at radius 1 is 1.35 bits per heavy atom. The first-order chi connectivity index (χ1) is 12.3. The fourth-order valence-corrected chi connectivity index (χ4v) is 1.86. The van der Waals surface area contributed by atoms with Crippen molar-refractivity contribution in [1.82, 2.24) is 10.6 Å². The van der Waals surface area contributed by atoms with E-state index in [1.165, 1.54) is 24.4 Å². The molecule has 1 aromatic carbocycles. The summed E-state index contributed by atoms with van der Waals surface area (Å²) in [6.07, 6.45) is -1.07. The molecule has 0 aliphatic rings. The van der Waals surface area contributed by atoms with Gasteiger partial charge in [-0.25, -0.2) is 0 Å². The van der Waals surface area contributed by atoms with Gasteiger partial charge in [-0.15, -0.1) is 0 Å². The van der Waals surface area contributed by atoms with E-state index in [-0.39, 0.29) is 35.8 Å². The van der Waals surface area contributed by atoms with Crippen molar-refractivity contribution in [2.24, 2.45) is 0 Å². The maximum atomic E-state index is 12.4. The topological polar surface area (TPSA) is 87.7 Å². The number of benzene rings is 1. The Morgan fingerprint density at radius 2 is 2.08 bits per heavy atom. The van der Waals surface area contributed by atoms with E-state index in [0.29, 0.717) is 6.29 Å². The number of allylic oxidation sites excluding steroid dienone is 2. The average molecular weight is 372 g/mol. The maximum absolute atomic E-state index is 12.4. The molecule has 9 heteroatoms. The van der Waals surface area contributed by atoms with E-state index < -0.39 is 18.5 Å². The summed E-state index contributed by atoms with van der Waals surface area (Å²) >= 11 is 0. The molecule has 3 N–H and O–H groups in total. The number of phenolic OH excluding ortho intramolecular Hbond substituents is 1. The summed E-state index contributed by atoms with van der Waals surface area (Å²) in [7, 11) is 1.63. The minimum atomic E-state index is -4.30. The predicted octanol–water partition coefficient (Wildman–Crippen LogP) is 2.66. The van der Waals surface area contributed by atoms with Crippen molar-refractivity contribution in [2.75, 3.05) is 13.7 Å². The third-order valence-electron chi connectivity index (χ3n) is 3.01. The number of carbonyl (C=O) groups is 2. The Bertz CT molecular complexity index is 685. The van der Waals surface area contributed by atoms with Gasteiger partial charge >= 0.3 is 6.18 Å². The number of amides is 1. The van der Waals surface area contributed by atoms with Gasteiger partial charge in [-0.1, -0.05) is 0 Å². The number of aromatic hydroxyl groups is 1. The van der Waals surface area contributed by atoms with Gasteiger partial charge < -0.3 is 20.5 Å². The fraction of sp³-hybridized carbons (Fsp3) is 0.294. The van der Waals surface area contributed by atoms with Crippen LogP contribution in [0.15, 0.2) is 42.2 Å². The number of hydrogen-bond donors (Lipinski definition) is 3. The van der Waals surface area contributed by atoms with Crippen LogP contribution in [0, 0.1) is 0 Å². The molecule has 1 aromatic rings. The van der Waals surface area contributed by atoms with Gasteiger partial charge in [0.15, 0.2) is 0 Å². The van der Waals surface area contributed by atoms with Crippen LogP contribution >= 0.6 is 0 Å². The number of carbonyl (C=O) groups excluding carboxylic acids is 2. The fourth-order valence-electron chi connectivity index (χ4n) is 1.86. The minimum Gasteiger partial charge on any atom is -0.508 e. The number of halogens is 3. The highest BCUT2D eigenvalue weighted by molar-refractivity contribution is 5.98. The summed E-state index contributed by atoms with van der Waals surface area (Å²) in [5.41, 5.74) is 0.194. The van der Waals surface area contributed by atoms with E-state index in [0.717, 1.165) is 12.1 Å². The number of alkyl halides is 3. The summed E-state index contributed by atoms with van der Waals surface area (Å²) < 4.78 is 41.7. The normalized spacial score (nSPS) is 12.1. The third kappa shape index (κ3) is 7.73. The highest BCUT2D eigenvalue weighted by atomic mass is 19.4. The van der Waals surface area contributed by atoms with Gasteiger partial charge in [0.05, 0.1) is 12.2 Å². The summed E-state index contributed by atoms with van der Waals surface area (Å²) in [4.78, 5) is 23.0. The summed E-state index contributed by atoms with van der Waals surface area (Å²) in [6.45, 7) is -0.278. The van der Waals surface area contributed by atoms with Crippen molar-refractivity contribution in [2.45, 2.75) is 19.0 Å². The third-order valence-corrected chi connectivity index (χ3v) is 3.01. The second-order valence-electron chi connectivity index (χ2n) is 5.08. The first kappa shape index (κ1) is 21.1. The second-order valence-corrected chi connectivity index (χ2v) is 5.08. The van der Waals surface area contributed by atoms with Crippen LogP contribution in [-0.2, 0) is 4.79 Å². The van der Waals surface area contributed by atoms with Crippen LogP contribution in [0.5, 0.6) is 11.5 Å². The lowest BCUT2D eigenvalue weighted by Crippen LogP contribution is -2.23. The number of rotatable bonds is 9. The number of nitrogens with one attached hydrogen (secondary N) is 2. The Hall–Kier alpha value is -2.97. The van der Waals surface area contributed by atoms with Gasteiger partial charge in [0.2, 0.25) is 0 Å². The monoisotopic (exact) mass is 372 g/mol. The molecule has 0 unspecified atom stereocenters. The van der Waals surface area contributed by atoms with E-state index in [1.54, 1.807) is 7.05 Å². The number of phenols is 1. The molecule has 0 saturated heterocycles. The zero-order chi connectivity index (χ0) is 19.6. The molecule has 0 aliphatic carbocycles. The van der Waals surface area contributed by atoms with Gasteiger partial charge in [0.25, 0.3) is 5.91 Å². The molecule has 142 valence electrons. The lowest BCUT2D eigenvalue weighted by Gasteiger charge is -2.13. The van der Waals surface area contributed by atoms with Crippen LogP contribution < -0.4 is 15.4 Å². The SMILES string of the molecule is CN/C=C\C(=C/C=O)NC(=O)c1ccc(O)cc1OCCCC(F)(F)F. The standard InChI is InChI=1S/C17H19F3N2O4/c1-21-8-5-12(6-9-23)22-16(25)14-4-3-13(24)11-15(14)26-10-2-7-17(18,19)20/h3-6,8-9,11,21,24H,2,7,10H2,1H3,(H,22,25)/b8-5-,12-6+. The van der Waals surface area contributed by atoms with Gasteiger partial charge in [-0.05, 0) is 30.8 Å². The smallest absolute Gasteiger partial charge is 0.389 e. The van der Waals surface area contributed by atoms with Crippen LogP contribution in [0.1, 0.15) is 23.2 Å². The molecule has 0 heterocycles. The highest BCUT2D eigenvalue weighted by Gasteiger charge is 2.26. The van der Waals surface area contributed by atoms with Crippen LogP contribution in [-0.4, -0.2) is 37.1 Å². The molecule has 0 atom stereocenters. The minimum absolute atomic E-state index is 0.00413. The average Bonchev–Trinajstić information content (AvgIpc) is 2.56. The molecule has 1 amide bonds. The van der Waals surface area contributed by atoms with E-state index >= 15 is 0 Å². The van der Waals surface area contributed by atoms with Crippen molar-refractivity contribution in [3.8, 4) is 11.5 Å². The molecule has 26 heavy (non-hydrogen) atoms. The van der Waals surface area contributed by atoms with Crippen LogP contribution in [0.3, 0.4) is 0 Å². The van der Waals surface area contributed by atoms with Crippen molar-refractivity contribution in [3.05, 3.63) is 47.8 Å². The molecule has 0 aromatic heterocycles. The quantitative estimate of drug-likeness (QED) is 0.268. The van der Waals surface area contributed by atoms with E-state index in [9.17, 15) is 27.9 Å². The second kappa shape index (κ2) is 10.1. The Balaban J connectivity index is 2.87. The molecule has 0 bridgehead atoms. The molecular formula is C17H19F3N2O4. The predicted molar refractivity (Wildman–Crippen MR) is 88.7 cm³/mol. The molecule has 0 fully saturated rings. The van der Waals surface area contributed by atoms with Crippen molar-refractivity contribution in [1.29, 1.82) is 0 Å². The first-order valence-electron chi connectivity index (χ1n) is 7.60. The zero-order valence-electron chi connectivity index (χ0n) is 14.0. The highest BCUT2D eigenvalue weighted by Crippen LogP contribution is 2.26. The van der Waals surface area contributed by atoms with Gasteiger partial charge in [-0.3, -0.25) is 9.59 Å². The Morgan fingerprint density at radius 3 is 2.69 bits per heavy atom. The summed E-state index contributed by atoms with van der Waals surface area (Å²) in [5.74, 6) is -0.913. The maximum Gasteiger partial charge on any atom is 0.389 e. The summed E-state index contributed by atoms with van der Waals surface area (Å²) in [5, 5.41) is 14.7. The Kier molecular flexibility index (Phi) is 8.20. The van der Waals surface area contributed by atoms with Crippen molar-refractivity contribution >= 4 is 12.2 Å². The van der Waals surface area contributed by atoms with Gasteiger partial charge in [-0.2, -0.15) is 13.2 Å². The lowest BCUT2D eigenvalue weighted by molar-refractivity contribution is -0.136. The summed E-state index contributed by atoms with van der Waals surface area (Å²) in [6, 6.07) is 3.64. The Labute approximate surface area is 148 Å². The van der Waals surface area contributed by atoms with E-state index in [4.69, 9.17) is 4.74 Å². The zero-order valence-corrected chi connectivity index (χ0v) is 14.0. The molecule has 0 radical (unpaired) electrons. The van der Waals surface area contributed by atoms with Crippen LogP contribution in [0.25, 0.3) is 0 Å². The largest absolute Gasteiger partial charge is 0.508 e. The molecule has 1 rings (SSSR count). The molecule has 0 spiro atoms. The van der Waals surface area contributed by atoms with E-state index in [2.05, 4.69) is 10.6 Å². The number of aldehydes is 1. The van der Waals surface area contributed by atoms with Gasteiger partial charge in [0.1, 0.15) is 17.8 Å². The number of hydrogen-bond acceptors (Lipinski definition) is 5. The molecule has 0 aliphatic heterocycles. The molecule has 0 saturated carbocycles. The lowest BCUT2D eigenvalue weighted by atomic mass is 10.1. The van der Waals surface area contributed by atoms with Gasteiger partial charge in [0, 0.05) is 31.3 Å². The van der Waals surface area contributed by atoms with Crippen LogP contribution in [0.4, 0.5) is 13.2 Å². The molecule has 6 nitrogen and oxygen atoms in total. The van der Waals surface area contributed by atoms with Crippen molar-refractivity contribution < 1.29 is 32.6 Å². The first-order valence-corrected chi connectivity index (χ1v) is 7.60. The van der Waals surface area contributed by atoms with E-state index in [1.807, 2.05) is 0 Å².